The van der Waals surface area contributed by atoms with Gasteiger partial charge in [-0.15, -0.1) is 0 Å². The Labute approximate surface area is 641 Å². The van der Waals surface area contributed by atoms with E-state index in [2.05, 4.69) is 16.0 Å². The number of carbonyl (C=O) groups is 12. The van der Waals surface area contributed by atoms with Gasteiger partial charge in [-0.1, -0.05) is 70.2 Å². The number of likely N-dealkylation sites (N-methyl/N-ethyl adjacent to an activating group) is 7. The van der Waals surface area contributed by atoms with Crippen molar-refractivity contribution in [2.75, 3.05) is 102 Å². The lowest BCUT2D eigenvalue weighted by Crippen LogP contribution is -2.68. The van der Waals surface area contributed by atoms with Gasteiger partial charge in [0.15, 0.2) is 0 Å². The normalized spacial score (nSPS) is 26.3. The van der Waals surface area contributed by atoms with Crippen molar-refractivity contribution in [3.63, 3.8) is 0 Å². The lowest BCUT2D eigenvalue weighted by atomic mass is 9.74. The summed E-state index contributed by atoms with van der Waals surface area (Å²) in [4.78, 5) is 192. The average Bonchev–Trinajstić information content (AvgIpc) is 1.75. The molecule has 0 unspecified atom stereocenters. The summed E-state index contributed by atoms with van der Waals surface area (Å²) in [6.45, 7) is 3.00. The first-order valence-corrected chi connectivity index (χ1v) is 38.1. The van der Waals surface area contributed by atoms with Gasteiger partial charge >= 0.3 is 12.4 Å². The molecule has 12 amide bonds. The number of nitrogens with zero attached hydrogens (tertiary/aromatic N) is 9. The molecule has 0 radical (unpaired) electrons. The molecule has 5 fully saturated rings. The maximum Gasteiger partial charge on any atom is 0.422 e. The molecule has 3 aliphatic heterocycles. The maximum absolute atomic E-state index is 15.7. The van der Waals surface area contributed by atoms with Gasteiger partial charge in [-0.3, -0.25) is 57.5 Å². The van der Waals surface area contributed by atoms with Gasteiger partial charge in [-0.2, -0.15) is 26.3 Å². The third-order valence-corrected chi connectivity index (χ3v) is 22.8. The van der Waals surface area contributed by atoms with E-state index in [1.54, 1.807) is 32.9 Å². The summed E-state index contributed by atoms with van der Waals surface area (Å²) in [6, 6.07) is -7.33. The van der Waals surface area contributed by atoms with E-state index in [-0.39, 0.29) is 82.9 Å². The lowest BCUT2D eigenvalue weighted by Gasteiger charge is -2.46. The Morgan fingerprint density at radius 2 is 1.32 bits per heavy atom. The minimum atomic E-state index is -5.46. The predicted octanol–water partition coefficient (Wildman–Crippen LogP) is 5.51. The molecule has 3 saturated carbocycles. The molecule has 6 aliphatic rings. The molecule has 1 spiro atoms. The Kier molecular flexibility index (Phi) is 29.8. The number of aryl methyl sites for hydroxylation is 1. The van der Waals surface area contributed by atoms with Gasteiger partial charge in [0.25, 0.3) is 0 Å². The minimum Gasteiger partial charge on any atom is -0.383 e. The Hall–Kier alpha value is -8.82. The van der Waals surface area contributed by atoms with Gasteiger partial charge in [0.05, 0.1) is 37.8 Å². The van der Waals surface area contributed by atoms with Crippen molar-refractivity contribution in [2.45, 2.75) is 209 Å². The first-order valence-electron chi connectivity index (χ1n) is 38.1. The van der Waals surface area contributed by atoms with E-state index in [1.807, 2.05) is 0 Å². The van der Waals surface area contributed by atoms with Gasteiger partial charge in [0.2, 0.25) is 70.9 Å². The molecule has 2 saturated heterocycles. The number of amides is 12. The van der Waals surface area contributed by atoms with Crippen LogP contribution in [0.4, 0.5) is 35.1 Å². The van der Waals surface area contributed by atoms with Crippen molar-refractivity contribution < 1.29 is 102 Å². The van der Waals surface area contributed by atoms with Crippen LogP contribution in [0.3, 0.4) is 0 Å². The van der Waals surface area contributed by atoms with Crippen LogP contribution >= 0.6 is 0 Å². The average molecular weight is 1580 g/mol. The first kappa shape index (κ1) is 87.8. The number of fused-ring (bicyclic) bond motifs is 3. The highest BCUT2D eigenvalue weighted by Crippen LogP contribution is 2.40. The Morgan fingerprint density at radius 1 is 0.685 bits per heavy atom. The summed E-state index contributed by atoms with van der Waals surface area (Å²) < 4.78 is 125. The van der Waals surface area contributed by atoms with E-state index < -0.39 is 222 Å². The number of nitrogens with one attached hydrogen (secondary N) is 3. The standard InChI is InChI=1S/C77H106F8N12O14/c1-12-45(3)64-72(107)91(6)44-62(100)92(7)55-22-15-14-18-33-96(71(55)106)59(39-47-25-28-50(29-26-47)76(80,81)82)70(105)90(5)43-60(98)86-54(30-27-48-36-52(78)63(53(79)37-48)77(83,84)85)68(103)97-42-51(111-13-2)40-57(97)67(102)88-75(31-19-32-75)74(109)95(10)65(49-20-16-17-21-49)73(108)94(9)58(69(104)89(4)34-35-110-11)41-61(99)93(8)56(66(101)87-64)38-46-23-24-46/h14-15,25-26,28-29,36-37,45-46,49,51,54-59,64-65H,12-13,16-24,27,30-35,38-44H2,1-11H3,(H,86,98)(H,87,101)(H,88,102)/b15-14-/t45-,51+,54-,55-,56-,57-,58-,59-,64-,65-/m0/s1. The fourth-order valence-electron chi connectivity index (χ4n) is 15.6. The number of rotatable bonds is 16. The van der Waals surface area contributed by atoms with E-state index in [9.17, 15) is 45.5 Å². The van der Waals surface area contributed by atoms with Gasteiger partial charge in [0.1, 0.15) is 71.1 Å². The molecule has 614 valence electrons. The summed E-state index contributed by atoms with van der Waals surface area (Å²) in [5, 5.41) is 8.32. The van der Waals surface area contributed by atoms with Crippen molar-refractivity contribution in [3.05, 3.63) is 82.4 Å². The number of ether oxygens (including phenoxy) is 2. The van der Waals surface area contributed by atoms with Crippen molar-refractivity contribution in [2.24, 2.45) is 17.8 Å². The highest BCUT2D eigenvalue weighted by atomic mass is 19.4. The highest BCUT2D eigenvalue weighted by molar-refractivity contribution is 6.01. The van der Waals surface area contributed by atoms with Gasteiger partial charge in [0, 0.05) is 95.5 Å². The van der Waals surface area contributed by atoms with E-state index in [1.165, 1.54) is 64.1 Å². The zero-order valence-electron chi connectivity index (χ0n) is 65.0. The Bertz CT molecular complexity index is 3740. The minimum absolute atomic E-state index is 0.0143. The molecule has 10 atom stereocenters. The van der Waals surface area contributed by atoms with Crippen molar-refractivity contribution >= 4 is 70.9 Å². The summed E-state index contributed by atoms with van der Waals surface area (Å²) in [5.41, 5.74) is -5.26. The summed E-state index contributed by atoms with van der Waals surface area (Å²) in [6.07, 6.45) is -5.99. The van der Waals surface area contributed by atoms with Crippen LogP contribution in [0.25, 0.3) is 0 Å². The van der Waals surface area contributed by atoms with Crippen LogP contribution in [0.2, 0.25) is 0 Å². The zero-order chi connectivity index (χ0) is 81.9. The maximum atomic E-state index is 15.7. The number of hydrogen-bond acceptors (Lipinski definition) is 14. The van der Waals surface area contributed by atoms with Crippen LogP contribution in [0.5, 0.6) is 0 Å². The molecule has 26 nitrogen and oxygen atoms in total. The third kappa shape index (κ3) is 21.3. The molecule has 2 aromatic rings. The van der Waals surface area contributed by atoms with Crippen LogP contribution in [0.1, 0.15) is 146 Å². The van der Waals surface area contributed by atoms with Crippen LogP contribution < -0.4 is 16.0 Å². The fraction of sp³-hybridized carbons (Fsp3) is 0.662. The summed E-state index contributed by atoms with van der Waals surface area (Å²) in [5.74, 6) is -15.1. The van der Waals surface area contributed by atoms with E-state index in [4.69, 9.17) is 9.47 Å². The number of alkyl halides is 6. The second kappa shape index (κ2) is 37.7. The smallest absolute Gasteiger partial charge is 0.383 e. The monoisotopic (exact) mass is 1570 g/mol. The zero-order valence-corrected chi connectivity index (χ0v) is 65.0. The Balaban J connectivity index is 1.23. The highest BCUT2D eigenvalue weighted by Gasteiger charge is 2.54. The quantitative estimate of drug-likeness (QED) is 0.138. The second-order valence-corrected chi connectivity index (χ2v) is 30.6. The summed E-state index contributed by atoms with van der Waals surface area (Å²) in [7, 11) is 10.8. The van der Waals surface area contributed by atoms with Crippen LogP contribution in [-0.4, -0.2) is 277 Å². The molecule has 3 aliphatic carbocycles. The molecule has 0 aromatic heterocycles. The number of benzene rings is 2. The van der Waals surface area contributed by atoms with Crippen molar-refractivity contribution in [1.29, 1.82) is 0 Å². The molecular formula is C77H106F8N12O14. The molecule has 2 bridgehead atoms. The van der Waals surface area contributed by atoms with E-state index in [0.29, 0.717) is 63.5 Å². The van der Waals surface area contributed by atoms with E-state index >= 15 is 47.1 Å². The number of carbonyl (C=O) groups excluding carboxylic acids is 12. The fourth-order valence-corrected chi connectivity index (χ4v) is 15.6. The first-order chi connectivity index (χ1) is 52.3. The van der Waals surface area contributed by atoms with Crippen molar-refractivity contribution in [3.8, 4) is 0 Å². The predicted molar refractivity (Wildman–Crippen MR) is 387 cm³/mol. The van der Waals surface area contributed by atoms with Crippen LogP contribution in [-0.2, 0) is 92.2 Å². The molecule has 3 N–H and O–H groups in total. The number of halogens is 8. The van der Waals surface area contributed by atoms with Gasteiger partial charge < -0.3 is 69.5 Å². The molecular weight excluding hydrogens is 1470 g/mol. The molecule has 34 heteroatoms. The van der Waals surface area contributed by atoms with Crippen molar-refractivity contribution in [1.82, 2.24) is 60.0 Å². The topological polar surface area (TPSA) is 289 Å². The lowest BCUT2D eigenvalue weighted by molar-refractivity contribution is -0.158. The summed E-state index contributed by atoms with van der Waals surface area (Å²) >= 11 is 0. The molecule has 3 heterocycles. The van der Waals surface area contributed by atoms with Crippen LogP contribution in [0, 0.1) is 29.4 Å². The number of hydrogen-bond donors (Lipinski definition) is 3. The molecule has 111 heavy (non-hydrogen) atoms. The van der Waals surface area contributed by atoms with Gasteiger partial charge in [-0.05, 0) is 124 Å². The van der Waals surface area contributed by atoms with Gasteiger partial charge in [-0.25, -0.2) is 8.78 Å². The van der Waals surface area contributed by atoms with Crippen LogP contribution in [0.15, 0.2) is 48.6 Å². The second-order valence-electron chi connectivity index (χ2n) is 30.6. The van der Waals surface area contributed by atoms with E-state index in [0.717, 1.165) is 60.7 Å². The molecule has 8 rings (SSSR count). The Morgan fingerprint density at radius 3 is 1.90 bits per heavy atom. The SMILES string of the molecule is CCO[C@@H]1C[C@H]2C(=O)NC3(CCC3)C(=O)N(C)[C@@H](C3CCCC3)C(=O)N(C)[C@H](C(=O)N(C)CCOC)CC(=O)N(C)[C@@H](CC3CC3)C(=O)N[C@@H]([C@@H](C)CC)C(=O)N(C)CC(=O)N(C)[C@H]3C/C=C\CCN(C3=O)[C@@H](Cc3ccc(C(F)(F)F)cc3)C(=O)N(C)CC(=O)N[C@@H](CCc3cc(F)c(C(F)(F)F)c(F)c3)C(=O)N2C1. The largest absolute Gasteiger partial charge is 0.422 e. The number of methoxy groups -OCH3 is 1. The third-order valence-electron chi connectivity index (χ3n) is 22.8. The molecule has 2 aromatic carbocycles.